The minimum absolute atomic E-state index is 0.883. The number of thiazole rings is 1. The number of nitrogens with zero attached hydrogens (tertiary/aromatic N) is 1. The molecule has 0 fully saturated rings. The average molecular weight is 222 g/mol. The van der Waals surface area contributed by atoms with Gasteiger partial charge in [-0.05, 0) is 25.1 Å². The molecule has 0 amide bonds. The molecule has 2 heterocycles. The number of aromatic nitrogens is 1. The van der Waals surface area contributed by atoms with Gasteiger partial charge in [-0.3, -0.25) is 0 Å². The van der Waals surface area contributed by atoms with Gasteiger partial charge in [0.2, 0.25) is 0 Å². The SMILES string of the molecule is CCNCc1cnc(-c2occc2C)s1. The summed E-state index contributed by atoms with van der Waals surface area (Å²) >= 11 is 1.68. The van der Waals surface area contributed by atoms with Gasteiger partial charge >= 0.3 is 0 Å². The highest BCUT2D eigenvalue weighted by molar-refractivity contribution is 7.14. The van der Waals surface area contributed by atoms with Gasteiger partial charge in [0.15, 0.2) is 10.8 Å². The minimum atomic E-state index is 0.883. The Kier molecular flexibility index (Phi) is 3.18. The summed E-state index contributed by atoms with van der Waals surface area (Å²) in [5.74, 6) is 0.891. The Balaban J connectivity index is 2.17. The van der Waals surface area contributed by atoms with E-state index < -0.39 is 0 Å². The van der Waals surface area contributed by atoms with E-state index in [1.54, 1.807) is 17.6 Å². The molecule has 1 N–H and O–H groups in total. The van der Waals surface area contributed by atoms with Crippen LogP contribution in [0.3, 0.4) is 0 Å². The van der Waals surface area contributed by atoms with E-state index in [1.807, 2.05) is 19.2 Å². The predicted molar refractivity (Wildman–Crippen MR) is 61.9 cm³/mol. The standard InChI is InChI=1S/C11H14N2OS/c1-3-12-6-9-7-13-11(15-9)10-8(2)4-5-14-10/h4-5,7,12H,3,6H2,1-2H3. The number of hydrogen-bond acceptors (Lipinski definition) is 4. The first-order valence-electron chi connectivity index (χ1n) is 5.01. The van der Waals surface area contributed by atoms with Gasteiger partial charge < -0.3 is 9.73 Å². The van der Waals surface area contributed by atoms with Crippen LogP contribution < -0.4 is 5.32 Å². The van der Waals surface area contributed by atoms with Crippen LogP contribution in [0.25, 0.3) is 10.8 Å². The molecule has 2 aromatic heterocycles. The molecule has 2 rings (SSSR count). The second-order valence-electron chi connectivity index (χ2n) is 3.34. The Morgan fingerprint density at radius 3 is 3.07 bits per heavy atom. The maximum atomic E-state index is 5.40. The minimum Gasteiger partial charge on any atom is -0.462 e. The molecule has 0 unspecified atom stereocenters. The fourth-order valence-corrected chi connectivity index (χ4v) is 2.27. The van der Waals surface area contributed by atoms with Crippen LogP contribution in [0.2, 0.25) is 0 Å². The van der Waals surface area contributed by atoms with Gasteiger partial charge in [0, 0.05) is 17.6 Å². The summed E-state index contributed by atoms with van der Waals surface area (Å²) in [6.07, 6.45) is 3.61. The zero-order valence-electron chi connectivity index (χ0n) is 8.91. The third-order valence-corrected chi connectivity index (χ3v) is 3.16. The molecule has 0 aliphatic carbocycles. The second kappa shape index (κ2) is 4.59. The second-order valence-corrected chi connectivity index (χ2v) is 4.46. The topological polar surface area (TPSA) is 38.1 Å². The maximum absolute atomic E-state index is 5.40. The van der Waals surface area contributed by atoms with Crippen LogP contribution >= 0.6 is 11.3 Å². The van der Waals surface area contributed by atoms with Crippen LogP contribution in [0, 0.1) is 6.92 Å². The zero-order chi connectivity index (χ0) is 10.7. The molecular formula is C11H14N2OS. The van der Waals surface area contributed by atoms with Crippen molar-refractivity contribution >= 4 is 11.3 Å². The molecule has 0 spiro atoms. The summed E-state index contributed by atoms with van der Waals surface area (Å²) in [4.78, 5) is 5.60. The van der Waals surface area contributed by atoms with Gasteiger partial charge in [-0.15, -0.1) is 11.3 Å². The lowest BCUT2D eigenvalue weighted by molar-refractivity contribution is 0.580. The van der Waals surface area contributed by atoms with Crippen molar-refractivity contribution in [1.29, 1.82) is 0 Å². The fourth-order valence-electron chi connectivity index (χ4n) is 1.33. The van der Waals surface area contributed by atoms with Gasteiger partial charge in [-0.1, -0.05) is 6.92 Å². The Hall–Kier alpha value is -1.13. The van der Waals surface area contributed by atoms with Crippen LogP contribution in [0.4, 0.5) is 0 Å². The smallest absolute Gasteiger partial charge is 0.165 e. The van der Waals surface area contributed by atoms with E-state index in [0.717, 1.165) is 29.4 Å². The van der Waals surface area contributed by atoms with Crippen molar-refractivity contribution in [2.45, 2.75) is 20.4 Å². The van der Waals surface area contributed by atoms with Crippen molar-refractivity contribution in [2.75, 3.05) is 6.54 Å². The highest BCUT2D eigenvalue weighted by atomic mass is 32.1. The van der Waals surface area contributed by atoms with Gasteiger partial charge in [0.1, 0.15) is 0 Å². The molecule has 0 bridgehead atoms. The predicted octanol–water partition coefficient (Wildman–Crippen LogP) is 2.82. The van der Waals surface area contributed by atoms with Crippen molar-refractivity contribution in [1.82, 2.24) is 10.3 Å². The number of furan rings is 1. The molecule has 0 aliphatic rings. The number of hydrogen-bond donors (Lipinski definition) is 1. The lowest BCUT2D eigenvalue weighted by Crippen LogP contribution is -2.10. The molecule has 2 aromatic rings. The number of rotatable bonds is 4. The molecule has 0 radical (unpaired) electrons. The highest BCUT2D eigenvalue weighted by Crippen LogP contribution is 2.28. The van der Waals surface area contributed by atoms with E-state index in [9.17, 15) is 0 Å². The van der Waals surface area contributed by atoms with E-state index >= 15 is 0 Å². The molecule has 4 heteroatoms. The average Bonchev–Trinajstić information content (AvgIpc) is 2.83. The molecule has 0 saturated carbocycles. The molecule has 15 heavy (non-hydrogen) atoms. The largest absolute Gasteiger partial charge is 0.462 e. The Bertz CT molecular complexity index is 433. The summed E-state index contributed by atoms with van der Waals surface area (Å²) in [6.45, 7) is 5.99. The Morgan fingerprint density at radius 2 is 2.40 bits per heavy atom. The summed E-state index contributed by atoms with van der Waals surface area (Å²) in [6, 6.07) is 1.96. The Labute approximate surface area is 93.2 Å². The summed E-state index contributed by atoms with van der Waals surface area (Å²) in [5, 5.41) is 4.24. The van der Waals surface area contributed by atoms with Gasteiger partial charge in [0.25, 0.3) is 0 Å². The monoisotopic (exact) mass is 222 g/mol. The fraction of sp³-hybridized carbons (Fsp3) is 0.364. The van der Waals surface area contributed by atoms with Crippen molar-refractivity contribution in [3.63, 3.8) is 0 Å². The molecular weight excluding hydrogens is 208 g/mol. The molecule has 0 atom stereocenters. The summed E-state index contributed by atoms with van der Waals surface area (Å²) < 4.78 is 5.40. The Morgan fingerprint density at radius 1 is 1.53 bits per heavy atom. The zero-order valence-corrected chi connectivity index (χ0v) is 9.73. The lowest BCUT2D eigenvalue weighted by Gasteiger charge is -1.95. The molecule has 0 saturated heterocycles. The highest BCUT2D eigenvalue weighted by Gasteiger charge is 2.09. The molecule has 80 valence electrons. The van der Waals surface area contributed by atoms with Crippen molar-refractivity contribution in [3.8, 4) is 10.8 Å². The normalized spacial score (nSPS) is 10.8. The number of aryl methyl sites for hydroxylation is 1. The quantitative estimate of drug-likeness (QED) is 0.864. The summed E-state index contributed by atoms with van der Waals surface area (Å²) in [5.41, 5.74) is 1.14. The van der Waals surface area contributed by atoms with Gasteiger partial charge in [-0.2, -0.15) is 0 Å². The van der Waals surface area contributed by atoms with E-state index in [1.165, 1.54) is 4.88 Å². The first-order valence-corrected chi connectivity index (χ1v) is 5.82. The number of nitrogens with one attached hydrogen (secondary N) is 1. The molecule has 0 aliphatic heterocycles. The van der Waals surface area contributed by atoms with E-state index in [-0.39, 0.29) is 0 Å². The van der Waals surface area contributed by atoms with Crippen molar-refractivity contribution in [3.05, 3.63) is 29.0 Å². The third kappa shape index (κ3) is 2.27. The van der Waals surface area contributed by atoms with Crippen molar-refractivity contribution < 1.29 is 4.42 Å². The molecule has 3 nitrogen and oxygen atoms in total. The van der Waals surface area contributed by atoms with Crippen LogP contribution in [0.1, 0.15) is 17.4 Å². The lowest BCUT2D eigenvalue weighted by atomic mass is 10.3. The van der Waals surface area contributed by atoms with Crippen LogP contribution in [-0.2, 0) is 6.54 Å². The van der Waals surface area contributed by atoms with Gasteiger partial charge in [0.05, 0.1) is 6.26 Å². The third-order valence-electron chi connectivity index (χ3n) is 2.16. The van der Waals surface area contributed by atoms with Crippen LogP contribution in [0.15, 0.2) is 22.9 Å². The van der Waals surface area contributed by atoms with Crippen molar-refractivity contribution in [2.24, 2.45) is 0 Å². The maximum Gasteiger partial charge on any atom is 0.165 e. The molecule has 0 aromatic carbocycles. The van der Waals surface area contributed by atoms with Crippen LogP contribution in [-0.4, -0.2) is 11.5 Å². The van der Waals surface area contributed by atoms with Gasteiger partial charge in [-0.25, -0.2) is 4.98 Å². The summed E-state index contributed by atoms with van der Waals surface area (Å²) in [7, 11) is 0. The van der Waals surface area contributed by atoms with E-state index in [4.69, 9.17) is 4.42 Å². The first kappa shape index (κ1) is 10.4. The van der Waals surface area contributed by atoms with E-state index in [0.29, 0.717) is 0 Å². The first-order chi connectivity index (χ1) is 7.31. The van der Waals surface area contributed by atoms with Crippen LogP contribution in [0.5, 0.6) is 0 Å². The van der Waals surface area contributed by atoms with E-state index in [2.05, 4.69) is 17.2 Å².